The quantitative estimate of drug-likeness (QED) is 0.0305. The maximum atomic E-state index is 15.4. The van der Waals surface area contributed by atoms with Crippen molar-refractivity contribution in [2.24, 2.45) is 0 Å². The first-order valence-electron chi connectivity index (χ1n) is 17.1. The highest BCUT2D eigenvalue weighted by Gasteiger charge is 2.52. The van der Waals surface area contributed by atoms with Gasteiger partial charge in [0.1, 0.15) is 58.9 Å². The lowest BCUT2D eigenvalue weighted by Crippen LogP contribution is -2.81. The van der Waals surface area contributed by atoms with Gasteiger partial charge < -0.3 is 0 Å². The Morgan fingerprint density at radius 2 is 0.631 bits per heavy atom. The van der Waals surface area contributed by atoms with Gasteiger partial charge in [-0.3, -0.25) is 4.79 Å². The predicted molar refractivity (Wildman–Crippen MR) is 192 cm³/mol. The second-order valence-corrected chi connectivity index (χ2v) is 15.8. The fourth-order valence-corrected chi connectivity index (χ4v) is 7.63. The zero-order chi connectivity index (χ0) is 48.8. The van der Waals surface area contributed by atoms with Crippen LogP contribution >= 0.6 is 0 Å². The van der Waals surface area contributed by atoms with E-state index in [1.54, 1.807) is 24.3 Å². The number of carbonyl (C=O) groups excluding carboxylic acids is 1. The fourth-order valence-electron chi connectivity index (χ4n) is 6.56. The highest BCUT2D eigenvalue weighted by molar-refractivity contribution is 8.07. The SMILES string of the molecule is C[S+](=O)(C#Cc1ccccc1)CC(=O)c1ccccc1.Fc1c(F)c(F)c([B-](c2c(F)c(F)c(F)c(F)c2F)(c2c(F)c(F)c(F)c(F)c2F)c2c(F)c(F)c(F)c(F)c2F)c(F)c1F. The molecule has 0 fully saturated rings. The standard InChI is InChI=1S/C24BF20.C17H15O2S/c26-5-1(6(27)14(35)21(42)13(5)34)25(2-7(28)15(36)22(43)16(37)8(2)29,3-9(30)17(38)23(44)18(39)10(3)31)4-11(32)19(40)24(45)20(41)12(4)33;1-20(19,13-12-15-8-4-2-5-9-15)14-17(18)16-10-6-3-7-11-16/h;2-11H,14H2,1H3/q-1;+1. The minimum Gasteiger partial charge on any atom is -0.289 e. The minimum absolute atomic E-state index is 0.0448. The summed E-state index contributed by atoms with van der Waals surface area (Å²) in [6, 6.07) is 18.2. The molecule has 0 aliphatic carbocycles. The highest BCUT2D eigenvalue weighted by Crippen LogP contribution is 2.31. The first-order chi connectivity index (χ1) is 30.3. The van der Waals surface area contributed by atoms with Gasteiger partial charge in [0.2, 0.25) is 5.78 Å². The van der Waals surface area contributed by atoms with Crippen LogP contribution < -0.4 is 21.9 Å². The summed E-state index contributed by atoms with van der Waals surface area (Å²) in [5, 5.41) is 2.73. The summed E-state index contributed by atoms with van der Waals surface area (Å²) in [6.07, 6.45) is -5.69. The van der Waals surface area contributed by atoms with Gasteiger partial charge in [-0.15, -0.1) is 21.9 Å². The number of halogens is 20. The third kappa shape index (κ3) is 8.44. The summed E-state index contributed by atoms with van der Waals surface area (Å²) in [5.41, 5.74) is -13.0. The zero-order valence-electron chi connectivity index (χ0n) is 31.3. The molecule has 0 radical (unpaired) electrons. The molecule has 65 heavy (non-hydrogen) atoms. The molecule has 6 aromatic rings. The van der Waals surface area contributed by atoms with E-state index in [2.05, 4.69) is 11.2 Å². The van der Waals surface area contributed by atoms with Gasteiger partial charge in [0, 0.05) is 11.1 Å². The van der Waals surface area contributed by atoms with Crippen LogP contribution in [0.1, 0.15) is 15.9 Å². The molecular formula is C41H15BF20O2S. The number of ketones is 1. The number of hydrogen-bond donors (Lipinski definition) is 0. The van der Waals surface area contributed by atoms with Crippen LogP contribution in [0.2, 0.25) is 0 Å². The van der Waals surface area contributed by atoms with Crippen molar-refractivity contribution in [2.75, 3.05) is 12.0 Å². The van der Waals surface area contributed by atoms with Crippen molar-refractivity contribution >= 4 is 43.7 Å². The van der Waals surface area contributed by atoms with Crippen molar-refractivity contribution < 1.29 is 96.8 Å². The number of Topliss-reactive ketones (excluding diaryl/α,β-unsaturated/α-hetero) is 1. The number of carbonyl (C=O) groups is 1. The van der Waals surface area contributed by atoms with E-state index in [4.69, 9.17) is 0 Å². The predicted octanol–water partition coefficient (Wildman–Crippen LogP) is 8.85. The first-order valence-corrected chi connectivity index (χ1v) is 19.3. The van der Waals surface area contributed by atoms with E-state index in [9.17, 15) is 61.7 Å². The third-order valence-corrected chi connectivity index (χ3v) is 10.7. The van der Waals surface area contributed by atoms with E-state index in [1.807, 2.05) is 36.4 Å². The van der Waals surface area contributed by atoms with Crippen LogP contribution in [-0.4, -0.2) is 23.9 Å². The Balaban J connectivity index is 0.000000330. The van der Waals surface area contributed by atoms with E-state index in [-0.39, 0.29) is 11.5 Å². The molecule has 0 aromatic heterocycles. The van der Waals surface area contributed by atoms with Gasteiger partial charge in [0.15, 0.2) is 90.7 Å². The summed E-state index contributed by atoms with van der Waals surface area (Å²) in [7, 11) is -2.49. The van der Waals surface area contributed by atoms with Crippen molar-refractivity contribution in [2.45, 2.75) is 0 Å². The molecule has 6 aromatic carbocycles. The van der Waals surface area contributed by atoms with Gasteiger partial charge in [-0.05, 0) is 18.1 Å². The summed E-state index contributed by atoms with van der Waals surface area (Å²) < 4.78 is 306. The second kappa shape index (κ2) is 18.5. The van der Waals surface area contributed by atoms with Crippen LogP contribution in [0.5, 0.6) is 0 Å². The van der Waals surface area contributed by atoms with Crippen molar-refractivity contribution in [1.29, 1.82) is 0 Å². The van der Waals surface area contributed by atoms with E-state index in [1.165, 1.54) is 6.26 Å². The minimum atomic E-state index is -7.22. The molecule has 6 rings (SSSR count). The molecule has 0 bridgehead atoms. The first kappa shape index (κ1) is 49.4. The van der Waals surface area contributed by atoms with Gasteiger partial charge in [0.25, 0.3) is 0 Å². The molecule has 0 N–H and O–H groups in total. The van der Waals surface area contributed by atoms with Crippen LogP contribution in [0.15, 0.2) is 60.7 Å². The van der Waals surface area contributed by atoms with Crippen LogP contribution in [-0.2, 0) is 14.1 Å². The van der Waals surface area contributed by atoms with Crippen molar-refractivity contribution in [3.05, 3.63) is 188 Å². The van der Waals surface area contributed by atoms with Gasteiger partial charge in [-0.2, -0.15) is 0 Å². The van der Waals surface area contributed by atoms with Crippen LogP contribution in [0.25, 0.3) is 0 Å². The van der Waals surface area contributed by atoms with E-state index >= 15 is 35.1 Å². The molecule has 0 heterocycles. The average Bonchev–Trinajstić information content (AvgIpc) is 3.29. The lowest BCUT2D eigenvalue weighted by Gasteiger charge is -2.44. The molecule has 0 amide bonds. The molecule has 0 saturated carbocycles. The van der Waals surface area contributed by atoms with Crippen LogP contribution in [0, 0.1) is 128 Å². The maximum Gasteiger partial charge on any atom is 0.212 e. The number of rotatable bonds is 7. The molecule has 0 aliphatic heterocycles. The van der Waals surface area contributed by atoms with E-state index in [0.29, 0.717) is 5.56 Å². The number of benzene rings is 6. The molecule has 1 unspecified atom stereocenters. The summed E-state index contributed by atoms with van der Waals surface area (Å²) >= 11 is 0. The average molecular weight is 962 g/mol. The summed E-state index contributed by atoms with van der Waals surface area (Å²) in [4.78, 5) is 12.0. The second-order valence-electron chi connectivity index (χ2n) is 13.3. The molecule has 0 aliphatic rings. The number of hydrogen-bond acceptors (Lipinski definition) is 2. The van der Waals surface area contributed by atoms with Crippen molar-refractivity contribution in [3.8, 4) is 11.2 Å². The van der Waals surface area contributed by atoms with E-state index in [0.717, 1.165) is 5.56 Å². The lowest BCUT2D eigenvalue weighted by molar-refractivity contribution is 0.102. The highest BCUT2D eigenvalue weighted by atomic mass is 32.2. The smallest absolute Gasteiger partial charge is 0.212 e. The molecule has 24 heteroatoms. The largest absolute Gasteiger partial charge is 0.289 e. The van der Waals surface area contributed by atoms with Gasteiger partial charge in [0.05, 0.1) is 0 Å². The molecule has 0 spiro atoms. The molecule has 2 nitrogen and oxygen atoms in total. The Bertz CT molecular complexity index is 2650. The van der Waals surface area contributed by atoms with Crippen LogP contribution in [0.3, 0.4) is 0 Å². The Hall–Kier alpha value is -6.64. The van der Waals surface area contributed by atoms with Gasteiger partial charge in [-0.25, -0.2) is 87.8 Å². The van der Waals surface area contributed by atoms with Crippen LogP contribution in [0.4, 0.5) is 87.8 Å². The summed E-state index contributed by atoms with van der Waals surface area (Å²) in [5.74, 6) is -68.7. The van der Waals surface area contributed by atoms with Crippen molar-refractivity contribution in [3.63, 3.8) is 0 Å². The Kier molecular flexibility index (Phi) is 14.0. The normalized spacial score (nSPS) is 12.3. The Morgan fingerprint density at radius 3 is 0.892 bits per heavy atom. The zero-order valence-corrected chi connectivity index (χ0v) is 32.2. The van der Waals surface area contributed by atoms with Gasteiger partial charge >= 0.3 is 0 Å². The fraction of sp³-hybridized carbons (Fsp3) is 0.0488. The summed E-state index contributed by atoms with van der Waals surface area (Å²) in [6.45, 7) is 0. The lowest BCUT2D eigenvalue weighted by atomic mass is 9.12. The maximum absolute atomic E-state index is 15.4. The topological polar surface area (TPSA) is 34.1 Å². The Labute approximate surface area is 351 Å². The molecule has 0 saturated heterocycles. The molecular weight excluding hydrogens is 947 g/mol. The van der Waals surface area contributed by atoms with E-state index < -0.39 is 154 Å². The Morgan fingerprint density at radius 1 is 0.400 bits per heavy atom. The van der Waals surface area contributed by atoms with Gasteiger partial charge in [-0.1, -0.05) is 52.7 Å². The van der Waals surface area contributed by atoms with Crippen molar-refractivity contribution in [1.82, 2.24) is 0 Å². The molecule has 340 valence electrons. The molecule has 1 atom stereocenters. The third-order valence-electron chi connectivity index (χ3n) is 9.39. The monoisotopic (exact) mass is 962 g/mol.